The van der Waals surface area contributed by atoms with Crippen molar-refractivity contribution in [2.45, 2.75) is 309 Å². The molecular weight excluding hydrogens is 816 g/mol. The Morgan fingerprint density at radius 2 is 0.750 bits per heavy atom. The second kappa shape index (κ2) is 47.6. The lowest BCUT2D eigenvalue weighted by Crippen LogP contribution is -2.46. The number of aliphatic hydroxyl groups is 1. The smallest absolute Gasteiger partial charge is 0.391 e. The lowest BCUT2D eigenvalue weighted by molar-refractivity contribution is -0.870. The van der Waals surface area contributed by atoms with E-state index < -0.39 is 20.0 Å². The highest BCUT2D eigenvalue weighted by molar-refractivity contribution is 7.47. The van der Waals surface area contributed by atoms with Crippen LogP contribution in [0, 0.1) is 0 Å². The van der Waals surface area contributed by atoms with E-state index in [1.54, 1.807) is 0 Å². The van der Waals surface area contributed by atoms with E-state index in [0.29, 0.717) is 23.9 Å². The van der Waals surface area contributed by atoms with Crippen molar-refractivity contribution < 1.29 is 32.9 Å². The lowest BCUT2D eigenvalue weighted by Gasteiger charge is -2.26. The van der Waals surface area contributed by atoms with Gasteiger partial charge in [-0.1, -0.05) is 277 Å². The molecule has 0 saturated carbocycles. The summed E-state index contributed by atoms with van der Waals surface area (Å²) in [7, 11) is 1.63. The van der Waals surface area contributed by atoms with Crippen LogP contribution in [0.1, 0.15) is 296 Å². The molecule has 0 aliphatic heterocycles. The summed E-state index contributed by atoms with van der Waals surface area (Å²) >= 11 is 0. The summed E-state index contributed by atoms with van der Waals surface area (Å²) in [5.41, 5.74) is 0. The van der Waals surface area contributed by atoms with Crippen molar-refractivity contribution in [1.29, 1.82) is 0 Å². The average Bonchev–Trinajstić information content (AvgIpc) is 3.25. The maximum atomic E-state index is 13.0. The number of phosphoric ester groups is 1. The topological polar surface area (TPSA) is 105 Å². The number of nitrogens with one attached hydrogen (secondary N) is 1. The Bertz CT molecular complexity index is 1010. The van der Waals surface area contributed by atoms with Crippen molar-refractivity contribution in [2.75, 3.05) is 40.9 Å². The molecule has 384 valence electrons. The van der Waals surface area contributed by atoms with E-state index in [1.165, 1.54) is 231 Å². The van der Waals surface area contributed by atoms with E-state index in [-0.39, 0.29) is 19.1 Å². The third-order valence-electron chi connectivity index (χ3n) is 13.4. The van der Waals surface area contributed by atoms with Crippen LogP contribution in [-0.2, 0) is 18.4 Å². The van der Waals surface area contributed by atoms with Crippen LogP contribution in [0.2, 0.25) is 0 Å². The Morgan fingerprint density at radius 3 is 1.05 bits per heavy atom. The predicted molar refractivity (Wildman–Crippen MR) is 277 cm³/mol. The molecule has 3 atom stereocenters. The predicted octanol–water partition coefficient (Wildman–Crippen LogP) is 16.9. The molecule has 64 heavy (non-hydrogen) atoms. The van der Waals surface area contributed by atoms with E-state index in [0.717, 1.165) is 38.5 Å². The van der Waals surface area contributed by atoms with Gasteiger partial charge in [0.25, 0.3) is 0 Å². The number of likely N-dealkylation sites (N-methyl/N-ethyl adjacent to an activating group) is 1. The average molecular weight is 930 g/mol. The summed E-state index contributed by atoms with van der Waals surface area (Å²) in [5, 5.41) is 14.0. The van der Waals surface area contributed by atoms with Crippen LogP contribution in [0.25, 0.3) is 0 Å². The summed E-state index contributed by atoms with van der Waals surface area (Å²) in [6.07, 6.45) is 55.9. The summed E-state index contributed by atoms with van der Waals surface area (Å²) < 4.78 is 23.8. The van der Waals surface area contributed by atoms with Gasteiger partial charge in [0.2, 0.25) is 5.91 Å². The van der Waals surface area contributed by atoms with Gasteiger partial charge in [0.05, 0.1) is 39.9 Å². The molecule has 0 saturated heterocycles. The van der Waals surface area contributed by atoms with Crippen LogP contribution in [0.5, 0.6) is 0 Å². The molecule has 0 aromatic rings. The number of aliphatic hydroxyl groups excluding tert-OH is 1. The summed E-state index contributed by atoms with van der Waals surface area (Å²) in [6, 6.07) is -0.754. The van der Waals surface area contributed by atoms with Crippen molar-refractivity contribution >= 4 is 13.7 Å². The molecule has 0 aromatic carbocycles. The van der Waals surface area contributed by atoms with Gasteiger partial charge in [-0.25, -0.2) is 4.57 Å². The first-order valence-corrected chi connectivity index (χ1v) is 29.9. The van der Waals surface area contributed by atoms with Crippen molar-refractivity contribution in [1.82, 2.24) is 5.32 Å². The van der Waals surface area contributed by atoms with E-state index in [4.69, 9.17) is 9.05 Å². The Morgan fingerprint density at radius 1 is 0.469 bits per heavy atom. The zero-order valence-corrected chi connectivity index (χ0v) is 44.7. The first-order valence-electron chi connectivity index (χ1n) is 28.4. The summed E-state index contributed by atoms with van der Waals surface area (Å²) in [5.74, 6) is -0.137. The van der Waals surface area contributed by atoms with Gasteiger partial charge in [0.1, 0.15) is 13.2 Å². The van der Waals surface area contributed by atoms with Crippen LogP contribution in [0.3, 0.4) is 0 Å². The summed E-state index contributed by atoms with van der Waals surface area (Å²) in [6.45, 7) is 4.94. The highest BCUT2D eigenvalue weighted by atomic mass is 31.2. The van der Waals surface area contributed by atoms with Crippen LogP contribution in [0.15, 0.2) is 0 Å². The van der Waals surface area contributed by atoms with Gasteiger partial charge in [-0.3, -0.25) is 13.8 Å². The molecule has 9 heteroatoms. The summed E-state index contributed by atoms with van der Waals surface area (Å²) in [4.78, 5) is 23.3. The molecule has 0 spiro atoms. The van der Waals surface area contributed by atoms with Crippen LogP contribution in [0.4, 0.5) is 0 Å². The standard InChI is InChI=1S/C55H113N2O6P/c1-6-8-10-12-14-16-18-20-22-23-24-25-26-27-28-29-30-31-32-33-35-37-39-41-43-45-47-49-55(59)56-53(52-63-64(60,61)62-51-50-57(3,4)5)54(58)48-46-44-42-40-38-36-34-21-19-17-15-13-11-9-7-2/h53-54,58H,6-52H2,1-5H3,(H-,56,59,60,61)/p+1/t53-,54+/m0/s1. The van der Waals surface area contributed by atoms with Crippen LogP contribution >= 0.6 is 7.82 Å². The molecule has 0 heterocycles. The van der Waals surface area contributed by atoms with E-state index in [2.05, 4.69) is 19.2 Å². The Balaban J connectivity index is 4.06. The van der Waals surface area contributed by atoms with Gasteiger partial charge < -0.3 is 19.8 Å². The van der Waals surface area contributed by atoms with Gasteiger partial charge in [0.15, 0.2) is 0 Å². The molecule has 0 aliphatic rings. The fourth-order valence-electron chi connectivity index (χ4n) is 8.87. The molecule has 0 bridgehead atoms. The van der Waals surface area contributed by atoms with Crippen molar-refractivity contribution in [3.8, 4) is 0 Å². The minimum atomic E-state index is -4.31. The number of nitrogens with zero attached hydrogens (tertiary/aromatic N) is 1. The zero-order chi connectivity index (χ0) is 47.1. The van der Waals surface area contributed by atoms with E-state index in [1.807, 2.05) is 21.1 Å². The van der Waals surface area contributed by atoms with Crippen molar-refractivity contribution in [3.05, 3.63) is 0 Å². The Labute approximate surface area is 399 Å². The van der Waals surface area contributed by atoms with Gasteiger partial charge in [-0.2, -0.15) is 0 Å². The number of quaternary nitrogens is 1. The first-order chi connectivity index (χ1) is 31.0. The molecular formula is C55H114N2O6P+. The Hall–Kier alpha value is -0.500. The van der Waals surface area contributed by atoms with Gasteiger partial charge >= 0.3 is 7.82 Å². The zero-order valence-electron chi connectivity index (χ0n) is 43.8. The quantitative estimate of drug-likeness (QED) is 0.0319. The largest absolute Gasteiger partial charge is 0.472 e. The number of carbonyl (C=O) groups excluding carboxylic acids is 1. The fraction of sp³-hybridized carbons (Fsp3) is 0.982. The highest BCUT2D eigenvalue weighted by Gasteiger charge is 2.28. The molecule has 0 fully saturated rings. The van der Waals surface area contributed by atoms with E-state index in [9.17, 15) is 19.4 Å². The molecule has 0 radical (unpaired) electrons. The van der Waals surface area contributed by atoms with Gasteiger partial charge in [-0.15, -0.1) is 0 Å². The SMILES string of the molecule is CCCCCCCCCCCCCCCCCCCCCCCCCCCCCC(=O)N[C@@H](COP(=O)(O)OCC[N+](C)(C)C)[C@H](O)CCCCCCCCCCCCCCCCC. The monoisotopic (exact) mass is 930 g/mol. The molecule has 8 nitrogen and oxygen atoms in total. The number of hydrogen-bond donors (Lipinski definition) is 3. The lowest BCUT2D eigenvalue weighted by atomic mass is 10.0. The maximum Gasteiger partial charge on any atom is 0.472 e. The van der Waals surface area contributed by atoms with E-state index >= 15 is 0 Å². The molecule has 1 amide bonds. The minimum Gasteiger partial charge on any atom is -0.391 e. The number of unbranched alkanes of at least 4 members (excludes halogenated alkanes) is 40. The van der Waals surface area contributed by atoms with Crippen LogP contribution in [-0.4, -0.2) is 73.4 Å². The first kappa shape index (κ1) is 63.5. The maximum absolute atomic E-state index is 13.0. The normalized spacial score (nSPS) is 13.9. The third kappa shape index (κ3) is 49.4. The molecule has 0 aromatic heterocycles. The molecule has 3 N–H and O–H groups in total. The van der Waals surface area contributed by atoms with Crippen LogP contribution < -0.4 is 5.32 Å². The highest BCUT2D eigenvalue weighted by Crippen LogP contribution is 2.43. The number of rotatable bonds is 53. The number of phosphoric acid groups is 1. The molecule has 0 rings (SSSR count). The van der Waals surface area contributed by atoms with Crippen molar-refractivity contribution in [3.63, 3.8) is 0 Å². The van der Waals surface area contributed by atoms with Crippen molar-refractivity contribution in [2.24, 2.45) is 0 Å². The number of hydrogen-bond acceptors (Lipinski definition) is 5. The second-order valence-corrected chi connectivity index (χ2v) is 22.5. The molecule has 0 aliphatic carbocycles. The second-order valence-electron chi connectivity index (χ2n) is 21.0. The minimum absolute atomic E-state index is 0.0790. The third-order valence-corrected chi connectivity index (χ3v) is 14.3. The Kier molecular flexibility index (Phi) is 47.2. The number of amides is 1. The fourth-order valence-corrected chi connectivity index (χ4v) is 9.61. The molecule has 1 unspecified atom stereocenters. The van der Waals surface area contributed by atoms with Gasteiger partial charge in [-0.05, 0) is 12.8 Å². The number of carbonyl (C=O) groups is 1. The van der Waals surface area contributed by atoms with Gasteiger partial charge in [0, 0.05) is 6.42 Å².